The van der Waals surface area contributed by atoms with Crippen LogP contribution >= 0.6 is 42.6 Å². The minimum atomic E-state index is -3.86. The third kappa shape index (κ3) is 29.6. The molecule has 0 saturated carbocycles. The summed E-state index contributed by atoms with van der Waals surface area (Å²) in [7, 11) is -3.86. The Hall–Kier alpha value is 0.620. The summed E-state index contributed by atoms with van der Waals surface area (Å²) in [6.07, 6.45) is 0. The Morgan fingerprint density at radius 1 is 0.316 bits per heavy atom. The molecule has 0 amide bonds. The van der Waals surface area contributed by atoms with Crippen LogP contribution in [0.25, 0.3) is 0 Å². The van der Waals surface area contributed by atoms with Crippen molar-refractivity contribution < 1.29 is 60.8 Å². The van der Waals surface area contributed by atoms with Crippen LogP contribution in [0.1, 0.15) is 0 Å². The molecule has 0 spiro atoms. The monoisotopic (exact) mass is 638 g/mol. The highest BCUT2D eigenvalue weighted by atomic mass is 35.5. The van der Waals surface area contributed by atoms with Crippen molar-refractivity contribution in [2.75, 3.05) is 137 Å². The van der Waals surface area contributed by atoms with Gasteiger partial charge in [0, 0.05) is 0 Å². The molecule has 0 bridgehead atoms. The molecule has 0 aromatic heterocycles. The zero-order valence-electron chi connectivity index (χ0n) is 21.7. The van der Waals surface area contributed by atoms with E-state index in [1.807, 2.05) is 0 Å². The summed E-state index contributed by atoms with van der Waals surface area (Å²) in [4.78, 5) is 0. The molecule has 0 saturated heterocycles. The SMILES string of the molecule is O=P(OCCOCCOCCOCCl)(OCCOCCOCCOCCl)OCCOCCOCCOCCl. The molecule has 17 heteroatoms. The molecular weight excluding hydrogens is 598 g/mol. The molecule has 38 heavy (non-hydrogen) atoms. The Labute approximate surface area is 240 Å². The summed E-state index contributed by atoms with van der Waals surface area (Å²) in [5, 5.41) is 0. The predicted octanol–water partition coefficient (Wildman–Crippen LogP) is 2.88. The fraction of sp³-hybridized carbons (Fsp3) is 1.00. The Bertz CT molecular complexity index is 448. The number of hydrogen-bond acceptors (Lipinski definition) is 13. The van der Waals surface area contributed by atoms with Gasteiger partial charge in [-0.1, -0.05) is 34.8 Å². The first-order valence-corrected chi connectivity index (χ1v) is 15.2. The first kappa shape index (κ1) is 38.6. The predicted molar refractivity (Wildman–Crippen MR) is 140 cm³/mol. The van der Waals surface area contributed by atoms with Gasteiger partial charge in [-0.2, -0.15) is 0 Å². The van der Waals surface area contributed by atoms with E-state index in [0.29, 0.717) is 79.3 Å². The fourth-order valence-corrected chi connectivity index (χ4v) is 3.66. The fourth-order valence-electron chi connectivity index (χ4n) is 2.22. The lowest BCUT2D eigenvalue weighted by atomic mass is 10.7. The van der Waals surface area contributed by atoms with Crippen molar-refractivity contribution >= 4 is 42.6 Å². The topological polar surface area (TPSA) is 128 Å². The van der Waals surface area contributed by atoms with E-state index in [1.165, 1.54) is 0 Å². The van der Waals surface area contributed by atoms with Crippen LogP contribution in [0, 0.1) is 0 Å². The molecule has 0 atom stereocenters. The number of ether oxygens (including phenoxy) is 9. The second kappa shape index (κ2) is 32.1. The molecule has 0 N–H and O–H groups in total. The van der Waals surface area contributed by atoms with Gasteiger partial charge >= 0.3 is 7.82 Å². The smallest absolute Gasteiger partial charge is 0.377 e. The van der Waals surface area contributed by atoms with E-state index >= 15 is 0 Å². The van der Waals surface area contributed by atoms with Crippen molar-refractivity contribution in [2.24, 2.45) is 0 Å². The second-order valence-electron chi connectivity index (χ2n) is 6.67. The van der Waals surface area contributed by atoms with Gasteiger partial charge in [0.2, 0.25) is 0 Å². The van der Waals surface area contributed by atoms with Crippen molar-refractivity contribution in [3.8, 4) is 0 Å². The summed E-state index contributed by atoms with van der Waals surface area (Å²) >= 11 is 16.2. The molecule has 13 nitrogen and oxygen atoms in total. The quantitative estimate of drug-likeness (QED) is 0.0594. The molecule has 0 fully saturated rings. The van der Waals surface area contributed by atoms with Gasteiger partial charge in [0.15, 0.2) is 0 Å². The molecule has 0 aliphatic carbocycles. The minimum absolute atomic E-state index is 0.00915. The van der Waals surface area contributed by atoms with Gasteiger partial charge in [0.05, 0.1) is 119 Å². The van der Waals surface area contributed by atoms with Crippen LogP contribution in [0.3, 0.4) is 0 Å². The first-order chi connectivity index (χ1) is 18.7. The molecule has 0 radical (unpaired) electrons. The van der Waals surface area contributed by atoms with Crippen LogP contribution in [0.5, 0.6) is 0 Å². The first-order valence-electron chi connectivity index (χ1n) is 12.1. The van der Waals surface area contributed by atoms with Crippen LogP contribution in [0.4, 0.5) is 0 Å². The summed E-state index contributed by atoms with van der Waals surface area (Å²) in [6.45, 7) is 5.05. The van der Waals surface area contributed by atoms with E-state index in [2.05, 4.69) is 0 Å². The number of hydrogen-bond donors (Lipinski definition) is 0. The van der Waals surface area contributed by atoms with Gasteiger partial charge < -0.3 is 42.6 Å². The largest absolute Gasteiger partial charge is 0.475 e. The van der Waals surface area contributed by atoms with Crippen molar-refractivity contribution in [3.63, 3.8) is 0 Å². The third-order valence-electron chi connectivity index (χ3n) is 3.89. The van der Waals surface area contributed by atoms with Gasteiger partial charge in [-0.3, -0.25) is 13.6 Å². The van der Waals surface area contributed by atoms with E-state index in [0.717, 1.165) is 0 Å². The summed E-state index contributed by atoms with van der Waals surface area (Å²) in [6, 6.07) is 0.372. The molecule has 0 aliphatic heterocycles. The minimum Gasteiger partial charge on any atom is -0.377 e. The zero-order chi connectivity index (χ0) is 27.8. The average molecular weight is 640 g/mol. The molecule has 0 unspecified atom stereocenters. The normalized spacial score (nSPS) is 12.0. The average Bonchev–Trinajstić information content (AvgIpc) is 2.92. The van der Waals surface area contributed by atoms with Crippen LogP contribution in [-0.2, 0) is 60.8 Å². The van der Waals surface area contributed by atoms with Crippen LogP contribution in [0.2, 0.25) is 0 Å². The Morgan fingerprint density at radius 2 is 0.500 bits per heavy atom. The molecular formula is C21H42Cl3O13P. The van der Waals surface area contributed by atoms with Gasteiger partial charge in [-0.15, -0.1) is 0 Å². The van der Waals surface area contributed by atoms with E-state index in [-0.39, 0.29) is 57.8 Å². The van der Waals surface area contributed by atoms with Gasteiger partial charge in [-0.25, -0.2) is 4.57 Å². The molecule has 0 heterocycles. The van der Waals surface area contributed by atoms with Gasteiger partial charge in [0.25, 0.3) is 0 Å². The highest BCUT2D eigenvalue weighted by Crippen LogP contribution is 2.49. The standard InChI is InChI=1S/C21H42Cl3O13P/c22-19-32-10-7-26-1-4-29-13-16-35-38(25,36-17-14-30-5-2-27-8-11-33-20-23)37-18-15-31-6-3-28-9-12-34-21-24/h1-21H2. The number of rotatable bonds is 33. The molecule has 0 rings (SSSR count). The molecule has 0 aromatic rings. The maximum absolute atomic E-state index is 12.9. The zero-order valence-corrected chi connectivity index (χ0v) is 24.9. The van der Waals surface area contributed by atoms with Gasteiger partial charge in [0.1, 0.15) is 18.2 Å². The third-order valence-corrected chi connectivity index (χ3v) is 5.85. The van der Waals surface area contributed by atoms with E-state index in [9.17, 15) is 4.57 Å². The van der Waals surface area contributed by atoms with Crippen molar-refractivity contribution in [3.05, 3.63) is 0 Å². The van der Waals surface area contributed by atoms with Gasteiger partial charge in [-0.05, 0) is 0 Å². The number of alkyl halides is 3. The van der Waals surface area contributed by atoms with E-state index < -0.39 is 7.82 Å². The molecule has 230 valence electrons. The summed E-state index contributed by atoms with van der Waals surface area (Å²) in [5.41, 5.74) is 0. The lowest BCUT2D eigenvalue weighted by Crippen LogP contribution is -2.15. The van der Waals surface area contributed by atoms with Crippen LogP contribution in [0.15, 0.2) is 0 Å². The Kier molecular flexibility index (Phi) is 32.7. The number of phosphoric acid groups is 1. The summed E-state index contributed by atoms with van der Waals surface area (Å²) < 4.78 is 75.9. The number of phosphoric ester groups is 1. The van der Waals surface area contributed by atoms with E-state index in [4.69, 9.17) is 91.0 Å². The molecule has 0 aliphatic rings. The maximum atomic E-state index is 12.9. The Balaban J connectivity index is 4.07. The Morgan fingerprint density at radius 3 is 0.711 bits per heavy atom. The lowest BCUT2D eigenvalue weighted by Gasteiger charge is -2.18. The van der Waals surface area contributed by atoms with Crippen molar-refractivity contribution in [2.45, 2.75) is 0 Å². The highest BCUT2D eigenvalue weighted by Gasteiger charge is 2.26. The van der Waals surface area contributed by atoms with Crippen LogP contribution < -0.4 is 0 Å². The summed E-state index contributed by atoms with van der Waals surface area (Å²) in [5.74, 6) is 0. The molecule has 0 aromatic carbocycles. The highest BCUT2D eigenvalue weighted by molar-refractivity contribution is 7.48. The van der Waals surface area contributed by atoms with E-state index in [1.54, 1.807) is 0 Å². The maximum Gasteiger partial charge on any atom is 0.475 e. The van der Waals surface area contributed by atoms with Crippen LogP contribution in [-0.4, -0.2) is 137 Å². The van der Waals surface area contributed by atoms with Crippen molar-refractivity contribution in [1.82, 2.24) is 0 Å². The van der Waals surface area contributed by atoms with Crippen molar-refractivity contribution in [1.29, 1.82) is 0 Å². The number of halogens is 3. The second-order valence-corrected chi connectivity index (χ2v) is 9.00. The lowest BCUT2D eigenvalue weighted by molar-refractivity contribution is -0.00351.